The van der Waals surface area contributed by atoms with E-state index in [-0.39, 0.29) is 6.61 Å². The number of rotatable bonds is 8. The molecule has 2 amide bonds. The van der Waals surface area contributed by atoms with Gasteiger partial charge in [-0.05, 0) is 28.8 Å². The van der Waals surface area contributed by atoms with Crippen LogP contribution >= 0.6 is 0 Å². The summed E-state index contributed by atoms with van der Waals surface area (Å²) in [5.74, 6) is -0.804. The highest BCUT2D eigenvalue weighted by Gasteiger charge is 2.45. The third-order valence-electron chi connectivity index (χ3n) is 5.12. The third-order valence-corrected chi connectivity index (χ3v) is 11.2. The largest absolute Gasteiger partial charge is 0.414 e. The van der Waals surface area contributed by atoms with Crippen molar-refractivity contribution >= 4 is 20.1 Å². The minimum absolute atomic E-state index is 0.187. The molecule has 6 heteroatoms. The molecule has 1 heterocycles. The minimum Gasteiger partial charge on any atom is -0.414 e. The lowest BCUT2D eigenvalue weighted by Gasteiger charge is -2.42. The molecular weight excluding hydrogens is 334 g/mol. The topological polar surface area (TPSA) is 55.8 Å². The van der Waals surface area contributed by atoms with Crippen molar-refractivity contribution in [2.75, 3.05) is 13.2 Å². The van der Waals surface area contributed by atoms with Crippen molar-refractivity contribution in [2.45, 2.75) is 58.2 Å². The molecule has 138 valence electrons. The van der Waals surface area contributed by atoms with Gasteiger partial charge in [0.15, 0.2) is 8.32 Å². The molecule has 1 aromatic carbocycles. The van der Waals surface area contributed by atoms with Crippen LogP contribution in [0.5, 0.6) is 0 Å². The van der Waals surface area contributed by atoms with Crippen LogP contribution < -0.4 is 0 Å². The van der Waals surface area contributed by atoms with Crippen LogP contribution in [-0.4, -0.2) is 38.4 Å². The van der Waals surface area contributed by atoms with Crippen LogP contribution in [0.3, 0.4) is 0 Å². The lowest BCUT2D eigenvalue weighted by atomic mass is 10.1. The molecule has 0 fully saturated rings. The van der Waals surface area contributed by atoms with Crippen molar-refractivity contribution < 1.29 is 18.9 Å². The Labute approximate surface area is 151 Å². The van der Waals surface area contributed by atoms with Crippen molar-refractivity contribution in [3.63, 3.8) is 0 Å². The molecule has 1 aliphatic rings. The standard InChI is InChI=1S/C19H29NO4Si/c1-13(2)25(14(3)4,15(5)6)24-12-11-23-20-18(21)16-9-7-8-10-17(16)19(20)22/h7-10,13-15H,11-12H2,1-6H3. The van der Waals surface area contributed by atoms with E-state index >= 15 is 0 Å². The van der Waals surface area contributed by atoms with Crippen molar-refractivity contribution in [1.82, 2.24) is 5.06 Å². The maximum Gasteiger partial charge on any atom is 0.285 e. The number of carbonyl (C=O) groups is 2. The first-order valence-electron chi connectivity index (χ1n) is 8.98. The summed E-state index contributed by atoms with van der Waals surface area (Å²) in [5.41, 5.74) is 2.22. The Morgan fingerprint density at radius 1 is 0.840 bits per heavy atom. The van der Waals surface area contributed by atoms with Crippen LogP contribution in [0.2, 0.25) is 16.6 Å². The summed E-state index contributed by atoms with van der Waals surface area (Å²) in [6.45, 7) is 13.9. The average Bonchev–Trinajstić information content (AvgIpc) is 2.79. The summed E-state index contributed by atoms with van der Waals surface area (Å²) in [4.78, 5) is 30.0. The van der Waals surface area contributed by atoms with Gasteiger partial charge in [-0.15, -0.1) is 5.06 Å². The maximum absolute atomic E-state index is 12.3. The highest BCUT2D eigenvalue weighted by molar-refractivity contribution is 6.77. The van der Waals surface area contributed by atoms with E-state index in [0.29, 0.717) is 34.4 Å². The van der Waals surface area contributed by atoms with Gasteiger partial charge in [-0.25, -0.2) is 0 Å². The Bertz CT molecular complexity index is 585. The monoisotopic (exact) mass is 363 g/mol. The van der Waals surface area contributed by atoms with E-state index in [9.17, 15) is 9.59 Å². The summed E-state index contributed by atoms with van der Waals surface area (Å²) in [5, 5.41) is 0.859. The molecule has 0 saturated heterocycles. The van der Waals surface area contributed by atoms with E-state index in [1.54, 1.807) is 24.3 Å². The van der Waals surface area contributed by atoms with E-state index in [1.165, 1.54) is 0 Å². The fourth-order valence-corrected chi connectivity index (χ4v) is 9.57. The number of hydroxylamine groups is 2. The fourth-order valence-electron chi connectivity index (χ4n) is 4.13. The van der Waals surface area contributed by atoms with Crippen LogP contribution in [0.25, 0.3) is 0 Å². The lowest BCUT2D eigenvalue weighted by molar-refractivity contribution is -0.0986. The number of imide groups is 1. The van der Waals surface area contributed by atoms with Crippen molar-refractivity contribution in [3.05, 3.63) is 35.4 Å². The van der Waals surface area contributed by atoms with E-state index < -0.39 is 20.1 Å². The van der Waals surface area contributed by atoms with Gasteiger partial charge in [0.2, 0.25) is 0 Å². The zero-order chi connectivity index (χ0) is 18.8. The molecule has 1 aromatic rings. The quantitative estimate of drug-likeness (QED) is 0.390. The molecule has 0 radical (unpaired) electrons. The Balaban J connectivity index is 1.97. The molecule has 0 aromatic heterocycles. The van der Waals surface area contributed by atoms with Gasteiger partial charge in [-0.1, -0.05) is 53.7 Å². The normalized spacial score (nSPS) is 15.0. The molecule has 1 aliphatic heterocycles. The molecule has 0 unspecified atom stereocenters. The van der Waals surface area contributed by atoms with Gasteiger partial charge in [0.25, 0.3) is 11.8 Å². The smallest absolute Gasteiger partial charge is 0.285 e. The molecule has 0 aliphatic carbocycles. The lowest BCUT2D eigenvalue weighted by Crippen LogP contribution is -2.48. The SMILES string of the molecule is CC(C)[Si](OCCON1C(=O)c2ccccc2C1=O)(C(C)C)C(C)C. The zero-order valence-electron chi connectivity index (χ0n) is 16.0. The van der Waals surface area contributed by atoms with Crippen LogP contribution in [-0.2, 0) is 9.26 Å². The number of hydrogen-bond acceptors (Lipinski definition) is 4. The summed E-state index contributed by atoms with van der Waals surface area (Å²) in [6.07, 6.45) is 0. The van der Waals surface area contributed by atoms with Gasteiger partial charge in [0, 0.05) is 0 Å². The van der Waals surface area contributed by atoms with Gasteiger partial charge in [0.1, 0.15) is 0 Å². The highest BCUT2D eigenvalue weighted by atomic mass is 28.4. The Morgan fingerprint density at radius 2 is 1.28 bits per heavy atom. The van der Waals surface area contributed by atoms with E-state index in [2.05, 4.69) is 41.5 Å². The molecule has 25 heavy (non-hydrogen) atoms. The van der Waals surface area contributed by atoms with Gasteiger partial charge >= 0.3 is 0 Å². The van der Waals surface area contributed by atoms with E-state index in [4.69, 9.17) is 9.26 Å². The Kier molecular flexibility index (Phi) is 6.19. The second-order valence-electron chi connectivity index (χ2n) is 7.45. The summed E-state index contributed by atoms with van der Waals surface area (Å²) >= 11 is 0. The molecular formula is C19H29NO4Si. The van der Waals surface area contributed by atoms with E-state index in [0.717, 1.165) is 5.06 Å². The first-order chi connectivity index (χ1) is 11.7. The fraction of sp³-hybridized carbons (Fsp3) is 0.579. The number of amides is 2. The Hall–Kier alpha value is -1.50. The first-order valence-corrected chi connectivity index (χ1v) is 11.1. The van der Waals surface area contributed by atoms with Crippen molar-refractivity contribution in [3.8, 4) is 0 Å². The molecule has 0 bridgehead atoms. The van der Waals surface area contributed by atoms with Crippen LogP contribution in [0.4, 0.5) is 0 Å². The number of hydrogen-bond donors (Lipinski definition) is 0. The number of benzene rings is 1. The Morgan fingerprint density at radius 3 is 1.68 bits per heavy atom. The number of carbonyl (C=O) groups excluding carboxylic acids is 2. The van der Waals surface area contributed by atoms with Gasteiger partial charge in [-0.3, -0.25) is 14.4 Å². The second-order valence-corrected chi connectivity index (χ2v) is 12.9. The average molecular weight is 364 g/mol. The molecule has 0 saturated carbocycles. The molecule has 0 spiro atoms. The van der Waals surface area contributed by atoms with Gasteiger partial charge < -0.3 is 4.43 Å². The number of fused-ring (bicyclic) bond motifs is 1. The third kappa shape index (κ3) is 3.56. The molecule has 0 N–H and O–H groups in total. The minimum atomic E-state index is -1.97. The van der Waals surface area contributed by atoms with E-state index in [1.807, 2.05) is 0 Å². The van der Waals surface area contributed by atoms with Crippen LogP contribution in [0.1, 0.15) is 62.3 Å². The van der Waals surface area contributed by atoms with Crippen LogP contribution in [0.15, 0.2) is 24.3 Å². The predicted octanol–water partition coefficient (Wildman–Crippen LogP) is 4.41. The first kappa shape index (κ1) is 19.8. The molecule has 2 rings (SSSR count). The summed E-state index contributed by atoms with van der Waals surface area (Å²) < 4.78 is 6.39. The van der Waals surface area contributed by atoms with Crippen LogP contribution in [0, 0.1) is 0 Å². The molecule has 0 atom stereocenters. The van der Waals surface area contributed by atoms with Gasteiger partial charge in [0.05, 0.1) is 24.3 Å². The summed E-state index contributed by atoms with van der Waals surface area (Å²) in [7, 11) is -1.97. The summed E-state index contributed by atoms with van der Waals surface area (Å²) in [6, 6.07) is 6.77. The van der Waals surface area contributed by atoms with Gasteiger partial charge in [-0.2, -0.15) is 0 Å². The predicted molar refractivity (Wildman–Crippen MR) is 99.9 cm³/mol. The zero-order valence-corrected chi connectivity index (χ0v) is 17.0. The maximum atomic E-state index is 12.3. The highest BCUT2D eigenvalue weighted by Crippen LogP contribution is 2.42. The number of nitrogens with zero attached hydrogens (tertiary/aromatic N) is 1. The molecule has 5 nitrogen and oxygen atoms in total. The second kappa shape index (κ2) is 7.80. The van der Waals surface area contributed by atoms with Crippen molar-refractivity contribution in [2.24, 2.45) is 0 Å². The van der Waals surface area contributed by atoms with Crippen molar-refractivity contribution in [1.29, 1.82) is 0 Å².